The van der Waals surface area contributed by atoms with Gasteiger partial charge in [0.15, 0.2) is 6.29 Å². The topological polar surface area (TPSA) is 149 Å². The Bertz CT molecular complexity index is 1300. The largest absolute Gasteiger partial charge is 0.394 e. The number of ether oxygens (including phenoxy) is 2. The summed E-state index contributed by atoms with van der Waals surface area (Å²) in [5.41, 5.74) is 0. The van der Waals surface area contributed by atoms with E-state index in [1.54, 1.807) is 6.08 Å². The number of carbonyl (C=O) groups excluding carboxylic acids is 1. The van der Waals surface area contributed by atoms with Crippen molar-refractivity contribution < 1.29 is 39.8 Å². The highest BCUT2D eigenvalue weighted by atomic mass is 16.7. The molecule has 0 aromatic rings. The molecule has 414 valence electrons. The van der Waals surface area contributed by atoms with Crippen LogP contribution in [0.1, 0.15) is 271 Å². The smallest absolute Gasteiger partial charge is 0.220 e. The van der Waals surface area contributed by atoms with Crippen LogP contribution in [0.2, 0.25) is 0 Å². The number of amides is 1. The highest BCUT2D eigenvalue weighted by Crippen LogP contribution is 2.23. The number of hydrogen-bond acceptors (Lipinski definition) is 8. The summed E-state index contributed by atoms with van der Waals surface area (Å²) < 4.78 is 11.2. The van der Waals surface area contributed by atoms with Crippen molar-refractivity contribution in [2.75, 3.05) is 13.2 Å². The molecule has 0 aromatic carbocycles. The molecule has 1 aliphatic heterocycles. The molecule has 1 fully saturated rings. The number of hydrogen-bond donors (Lipinski definition) is 6. The van der Waals surface area contributed by atoms with Gasteiger partial charge in [-0.1, -0.05) is 261 Å². The second-order valence-corrected chi connectivity index (χ2v) is 20.8. The molecule has 0 saturated carbocycles. The molecule has 6 N–H and O–H groups in total. The number of nitrogens with one attached hydrogen (secondary N) is 1. The van der Waals surface area contributed by atoms with Crippen LogP contribution >= 0.6 is 0 Å². The van der Waals surface area contributed by atoms with Crippen molar-refractivity contribution in [2.24, 2.45) is 0 Å². The van der Waals surface area contributed by atoms with Crippen molar-refractivity contribution in [3.05, 3.63) is 60.8 Å². The van der Waals surface area contributed by atoms with Crippen LogP contribution in [0.25, 0.3) is 0 Å². The van der Waals surface area contributed by atoms with E-state index in [1.165, 1.54) is 173 Å². The van der Waals surface area contributed by atoms with E-state index in [2.05, 4.69) is 67.8 Å². The first-order valence-corrected chi connectivity index (χ1v) is 30.0. The lowest BCUT2D eigenvalue weighted by Crippen LogP contribution is -2.60. The summed E-state index contributed by atoms with van der Waals surface area (Å²) in [5, 5.41) is 54.4. The number of allylic oxidation sites excluding steroid dienone is 9. The molecule has 1 heterocycles. The molecule has 0 bridgehead atoms. The molecular formula is C62H113NO8. The number of aliphatic hydroxyl groups is 5. The van der Waals surface area contributed by atoms with Crippen LogP contribution in [0.15, 0.2) is 60.8 Å². The molecule has 0 aromatic heterocycles. The Balaban J connectivity index is 2.17. The van der Waals surface area contributed by atoms with Gasteiger partial charge >= 0.3 is 0 Å². The predicted octanol–water partition coefficient (Wildman–Crippen LogP) is 15.1. The molecule has 1 rings (SSSR count). The van der Waals surface area contributed by atoms with E-state index < -0.39 is 49.5 Å². The summed E-state index contributed by atoms with van der Waals surface area (Å²) in [4.78, 5) is 13.0. The average molecular weight is 1000 g/mol. The van der Waals surface area contributed by atoms with Crippen LogP contribution in [-0.2, 0) is 14.3 Å². The van der Waals surface area contributed by atoms with E-state index in [1.807, 2.05) is 6.08 Å². The fourth-order valence-corrected chi connectivity index (χ4v) is 9.37. The van der Waals surface area contributed by atoms with Gasteiger partial charge in [-0.2, -0.15) is 0 Å². The van der Waals surface area contributed by atoms with E-state index in [0.717, 1.165) is 77.0 Å². The highest BCUT2D eigenvalue weighted by Gasteiger charge is 2.44. The van der Waals surface area contributed by atoms with E-state index in [4.69, 9.17) is 9.47 Å². The normalized spacial score (nSPS) is 19.7. The third kappa shape index (κ3) is 40.9. The molecule has 1 amide bonds. The minimum absolute atomic E-state index is 0.204. The summed E-state index contributed by atoms with van der Waals surface area (Å²) in [6.45, 7) is 3.65. The van der Waals surface area contributed by atoms with Crippen molar-refractivity contribution in [3.63, 3.8) is 0 Å². The second-order valence-electron chi connectivity index (χ2n) is 20.8. The fourth-order valence-electron chi connectivity index (χ4n) is 9.37. The summed E-state index contributed by atoms with van der Waals surface area (Å²) in [7, 11) is 0. The van der Waals surface area contributed by atoms with Crippen LogP contribution in [-0.4, -0.2) is 87.5 Å². The van der Waals surface area contributed by atoms with E-state index in [9.17, 15) is 30.3 Å². The number of carbonyl (C=O) groups is 1. The Kier molecular flexibility index (Phi) is 48.4. The third-order valence-corrected chi connectivity index (χ3v) is 14.1. The van der Waals surface area contributed by atoms with Crippen LogP contribution in [0.5, 0.6) is 0 Å². The fraction of sp³-hybridized carbons (Fsp3) is 0.823. The van der Waals surface area contributed by atoms with Gasteiger partial charge in [0.05, 0.1) is 25.4 Å². The summed E-state index contributed by atoms with van der Waals surface area (Å²) >= 11 is 0. The number of rotatable bonds is 51. The number of aliphatic hydroxyl groups excluding tert-OH is 5. The monoisotopic (exact) mass is 1000 g/mol. The second kappa shape index (κ2) is 51.4. The van der Waals surface area contributed by atoms with Gasteiger partial charge in [-0.3, -0.25) is 4.79 Å². The van der Waals surface area contributed by atoms with Crippen molar-refractivity contribution >= 4 is 5.91 Å². The van der Waals surface area contributed by atoms with Gasteiger partial charge in [0.1, 0.15) is 24.4 Å². The van der Waals surface area contributed by atoms with Gasteiger partial charge in [-0.15, -0.1) is 0 Å². The molecule has 0 radical (unpaired) electrons. The van der Waals surface area contributed by atoms with Crippen molar-refractivity contribution in [3.8, 4) is 0 Å². The van der Waals surface area contributed by atoms with Crippen LogP contribution < -0.4 is 5.32 Å². The molecule has 1 aliphatic rings. The average Bonchev–Trinajstić information content (AvgIpc) is 3.37. The Hall–Kier alpha value is -2.11. The standard InChI is InChI=1S/C62H113NO8/c1-3-5-7-9-11-13-15-17-19-20-21-22-23-24-25-26-27-28-29-30-31-32-33-34-35-36-38-39-41-43-45-47-49-51-56(65)55(54-70-62-61(69)60(68)59(67)57(53-64)71-62)63-58(66)52-50-48-46-44-42-40-37-18-16-14-12-10-8-6-4-2/h6,8,12,14,18,37,41,43,49,51,55-57,59-62,64-65,67-69H,3-5,7,9-11,13,15-17,19-36,38-40,42,44-48,50,52-54H2,1-2H3,(H,63,66)/b8-6-,14-12-,37-18-,43-41+,51-49+. The molecule has 9 heteroatoms. The molecule has 1 saturated heterocycles. The maximum Gasteiger partial charge on any atom is 0.220 e. The SMILES string of the molecule is CC/C=C\C/C=C\C/C=C\CCCCCCCC(=O)NC(COC1OC(CO)C(O)C(O)C1O)C(O)/C=C/CC/C=C/CCCCCCCCCCCCCCCCCCCCCCCCCCCCC. The van der Waals surface area contributed by atoms with Gasteiger partial charge in [0.25, 0.3) is 0 Å². The first-order chi connectivity index (χ1) is 34.8. The van der Waals surface area contributed by atoms with Gasteiger partial charge in [-0.25, -0.2) is 0 Å². The molecular weight excluding hydrogens is 887 g/mol. The van der Waals surface area contributed by atoms with Crippen molar-refractivity contribution in [1.82, 2.24) is 5.32 Å². The first-order valence-electron chi connectivity index (χ1n) is 30.0. The Labute approximate surface area is 436 Å². The van der Waals surface area contributed by atoms with Gasteiger partial charge in [-0.05, 0) is 64.2 Å². The zero-order chi connectivity index (χ0) is 51.5. The summed E-state index contributed by atoms with van der Waals surface area (Å²) in [6, 6.07) is -0.834. The van der Waals surface area contributed by atoms with Crippen LogP contribution in [0.4, 0.5) is 0 Å². The van der Waals surface area contributed by atoms with Crippen LogP contribution in [0, 0.1) is 0 Å². The Morgan fingerprint density at radius 2 is 0.887 bits per heavy atom. The van der Waals surface area contributed by atoms with Gasteiger partial charge in [0.2, 0.25) is 5.91 Å². The number of unbranched alkanes of at least 4 members (excludes halogenated alkanes) is 33. The lowest BCUT2D eigenvalue weighted by atomic mass is 9.99. The molecule has 71 heavy (non-hydrogen) atoms. The van der Waals surface area contributed by atoms with Gasteiger partial charge in [0, 0.05) is 6.42 Å². The minimum atomic E-state index is -1.58. The van der Waals surface area contributed by atoms with E-state index in [0.29, 0.717) is 6.42 Å². The van der Waals surface area contributed by atoms with Gasteiger partial charge < -0.3 is 40.3 Å². The lowest BCUT2D eigenvalue weighted by Gasteiger charge is -2.40. The molecule has 0 aliphatic carbocycles. The van der Waals surface area contributed by atoms with Crippen molar-refractivity contribution in [1.29, 1.82) is 0 Å². The Morgan fingerprint density at radius 3 is 1.35 bits per heavy atom. The van der Waals surface area contributed by atoms with E-state index in [-0.39, 0.29) is 12.5 Å². The van der Waals surface area contributed by atoms with E-state index >= 15 is 0 Å². The minimum Gasteiger partial charge on any atom is -0.394 e. The molecule has 7 unspecified atom stereocenters. The quantitative estimate of drug-likeness (QED) is 0.0261. The summed E-state index contributed by atoms with van der Waals surface area (Å²) in [6.07, 6.45) is 63.2. The first kappa shape index (κ1) is 66.9. The lowest BCUT2D eigenvalue weighted by molar-refractivity contribution is -0.302. The zero-order valence-electron chi connectivity index (χ0n) is 46.0. The zero-order valence-corrected chi connectivity index (χ0v) is 46.0. The van der Waals surface area contributed by atoms with Crippen molar-refractivity contribution in [2.45, 2.75) is 314 Å². The Morgan fingerprint density at radius 1 is 0.493 bits per heavy atom. The predicted molar refractivity (Wildman–Crippen MR) is 299 cm³/mol. The summed E-state index contributed by atoms with van der Waals surface area (Å²) in [5.74, 6) is -0.204. The third-order valence-electron chi connectivity index (χ3n) is 14.1. The highest BCUT2D eigenvalue weighted by molar-refractivity contribution is 5.76. The molecule has 9 nitrogen and oxygen atoms in total. The molecule has 0 spiro atoms. The maximum absolute atomic E-state index is 13.0. The van der Waals surface area contributed by atoms with Crippen LogP contribution in [0.3, 0.4) is 0 Å². The molecule has 7 atom stereocenters. The maximum atomic E-state index is 13.0.